The summed E-state index contributed by atoms with van der Waals surface area (Å²) in [6, 6.07) is 17.6. The van der Waals surface area contributed by atoms with E-state index >= 15 is 0 Å². The number of esters is 2. The molecule has 0 aliphatic carbocycles. The van der Waals surface area contributed by atoms with Gasteiger partial charge in [-0.15, -0.1) is 0 Å². The van der Waals surface area contributed by atoms with Crippen LogP contribution >= 0.6 is 9.90 Å². The fourth-order valence-electron chi connectivity index (χ4n) is 8.19. The van der Waals surface area contributed by atoms with Gasteiger partial charge in [-0.1, -0.05) is 68.0 Å². The van der Waals surface area contributed by atoms with Crippen molar-refractivity contribution in [1.82, 2.24) is 9.80 Å². The van der Waals surface area contributed by atoms with Crippen LogP contribution in [0, 0.1) is 69.2 Å². The number of imide groups is 2. The summed E-state index contributed by atoms with van der Waals surface area (Å²) in [6.45, 7) is 26.9. The molecule has 0 saturated heterocycles. The zero-order valence-electron chi connectivity index (χ0n) is 44.3. The van der Waals surface area contributed by atoms with Crippen molar-refractivity contribution in [1.29, 1.82) is 0 Å². The molecule has 1 radical (unpaired) electrons. The third-order valence-electron chi connectivity index (χ3n) is 13.1. The van der Waals surface area contributed by atoms with E-state index < -0.39 is 53.1 Å². The maximum absolute atomic E-state index is 14.4. The molecule has 0 bridgehead atoms. The molecule has 76 heavy (non-hydrogen) atoms. The second-order valence-corrected chi connectivity index (χ2v) is 18.3. The molecule has 7 rings (SSSR count). The van der Waals surface area contributed by atoms with E-state index in [1.807, 2.05) is 39.8 Å². The normalized spacial score (nSPS) is 12.0. The van der Waals surface area contributed by atoms with E-state index in [0.717, 1.165) is 63.2 Å². The van der Waals surface area contributed by atoms with Crippen molar-refractivity contribution in [2.24, 2.45) is 0 Å². The van der Waals surface area contributed by atoms with Gasteiger partial charge in [-0.05, 0) is 176 Å². The first kappa shape index (κ1) is 69.9. The number of alkyl halides is 3. The summed E-state index contributed by atoms with van der Waals surface area (Å²) in [5.41, 5.74) is 10.6. The number of fused-ring (bicyclic) bond motifs is 2. The van der Waals surface area contributed by atoms with E-state index in [9.17, 15) is 46.7 Å². The van der Waals surface area contributed by atoms with Gasteiger partial charge in [0, 0.05) is 52.4 Å². The van der Waals surface area contributed by atoms with Gasteiger partial charge in [-0.25, -0.2) is 14.4 Å². The molecule has 0 unspecified atom stereocenters. The van der Waals surface area contributed by atoms with Gasteiger partial charge in [0.05, 0.1) is 33.4 Å². The molecule has 2 aliphatic heterocycles. The predicted molar refractivity (Wildman–Crippen MR) is 290 cm³/mol. The van der Waals surface area contributed by atoms with Gasteiger partial charge in [0.2, 0.25) is 0 Å². The number of carboxylic acids is 1. The van der Waals surface area contributed by atoms with Crippen LogP contribution in [0.4, 0.5) is 13.2 Å². The summed E-state index contributed by atoms with van der Waals surface area (Å²) in [6.07, 6.45) is -4.80. The Morgan fingerprint density at radius 1 is 0.539 bits per heavy atom. The Hall–Kier alpha value is -6.15. The number of carbonyl (C=O) groups excluding carboxylic acids is 6. The first-order valence-electron chi connectivity index (χ1n) is 22.8. The first-order valence-corrected chi connectivity index (χ1v) is 22.8. The van der Waals surface area contributed by atoms with E-state index in [-0.39, 0.29) is 104 Å². The maximum Gasteiger partial charge on any atom is 0.402 e. The van der Waals surface area contributed by atoms with E-state index in [4.69, 9.17) is 14.6 Å². The Morgan fingerprint density at radius 2 is 0.842 bits per heavy atom. The summed E-state index contributed by atoms with van der Waals surface area (Å²) < 4.78 is 52.9. The van der Waals surface area contributed by atoms with Crippen molar-refractivity contribution in [2.45, 2.75) is 110 Å². The third-order valence-corrected chi connectivity index (χ3v) is 13.1. The first-order chi connectivity index (χ1) is 33.3. The van der Waals surface area contributed by atoms with Crippen LogP contribution < -0.4 is 0 Å². The molecule has 1 N–H and O–H groups in total. The molecule has 0 saturated carbocycles. The van der Waals surface area contributed by atoms with Gasteiger partial charge in [0.15, 0.2) is 0 Å². The molecule has 4 amide bonds. The SMILES string of the molecule is C.C.C=C(C)C(=O)OCCOC(=O)c1cc(C)cc(C)c1.CN1C(=O)c2ccc(C(C)(c3ccc4c(c3)C(=O)N(C)C4=O)C(F)(F)F)cc2C1=O.Cc1c(C)c(C)c(C)c(C)c1C.Cc1cc(C)cc(C(=O)O)c1.[PH-2].[Y]. The molecule has 5 aromatic carbocycles. The van der Waals surface area contributed by atoms with Crippen LogP contribution in [-0.2, 0) is 52.4 Å². The smallest absolute Gasteiger partial charge is 0.402 e. The minimum atomic E-state index is -4.80. The standard InChI is InChI=1S/C21H15F3N2O4.C15H18O4.C12H18.C9H10O2.2CH4.HP.Y/c1-20(21(22,23)24,10-4-6-12-14(8-10)18(29)25(2)16(12)27)11-5-7-13-15(9-11)19(30)26(3)17(13)28;1-10(2)14(16)18-5-6-19-15(17)13-8-11(3)7-12(4)9-13;1-7-8(2)10(4)12(6)11(5)9(7)3;1-6-3-7(2)5-8(4-6)9(10)11;;;;/h4-9H,1-3H3;7-9H,1,5-6H2,2-4H3;1-6H3;3-5H,1-2H3,(H,10,11);2*1H4;1H;/q;;;;;;-2;. The van der Waals surface area contributed by atoms with Gasteiger partial charge in [0.1, 0.15) is 18.6 Å². The molecule has 12 nitrogen and oxygen atoms in total. The van der Waals surface area contributed by atoms with Crippen molar-refractivity contribution in [3.63, 3.8) is 0 Å². The molecule has 0 atom stereocenters. The van der Waals surface area contributed by atoms with Gasteiger partial charge < -0.3 is 24.5 Å². The Kier molecular flexibility index (Phi) is 26.0. The molecule has 2 heterocycles. The van der Waals surface area contributed by atoms with Crippen LogP contribution in [0.5, 0.6) is 0 Å². The van der Waals surface area contributed by atoms with Crippen LogP contribution in [0.25, 0.3) is 0 Å². The summed E-state index contributed by atoms with van der Waals surface area (Å²) >= 11 is 0. The van der Waals surface area contributed by atoms with Gasteiger partial charge in [-0.3, -0.25) is 29.0 Å². The molecule has 0 fully saturated rings. The monoisotopic (exact) mass is 1140 g/mol. The number of ether oxygens (including phenoxy) is 2. The van der Waals surface area contributed by atoms with Crippen LogP contribution in [0.15, 0.2) is 84.9 Å². The van der Waals surface area contributed by atoms with Crippen LogP contribution in [-0.4, -0.2) is 89.9 Å². The number of amides is 4. The third kappa shape index (κ3) is 15.5. The molecular formula is C59H70F3N2O10PY-2. The van der Waals surface area contributed by atoms with E-state index in [2.05, 4.69) is 48.1 Å². The predicted octanol–water partition coefficient (Wildman–Crippen LogP) is 13.0. The Balaban J connectivity index is 0.00000106. The number of aromatic carboxylic acids is 1. The quantitative estimate of drug-likeness (QED) is 0.0520. The minimum absolute atomic E-state index is 0. The molecule has 407 valence electrons. The summed E-state index contributed by atoms with van der Waals surface area (Å²) in [7, 11) is 2.51. The Labute approximate surface area is 474 Å². The van der Waals surface area contributed by atoms with E-state index in [1.165, 1.54) is 59.6 Å². The summed E-state index contributed by atoms with van der Waals surface area (Å²) in [4.78, 5) is 83.7. The van der Waals surface area contributed by atoms with Gasteiger partial charge in [-0.2, -0.15) is 13.2 Å². The van der Waals surface area contributed by atoms with Crippen LogP contribution in [0.3, 0.4) is 0 Å². The zero-order chi connectivity index (χ0) is 54.5. The number of benzene rings is 5. The average Bonchev–Trinajstić information content (AvgIpc) is 3.67. The number of rotatable bonds is 8. The summed E-state index contributed by atoms with van der Waals surface area (Å²) in [5.74, 6) is -4.30. The largest absolute Gasteiger partial charge is 1.51 e. The molecule has 17 heteroatoms. The molecule has 2 aliphatic rings. The Bertz CT molecular complexity index is 2830. The van der Waals surface area contributed by atoms with E-state index in [1.54, 1.807) is 31.2 Å². The maximum atomic E-state index is 14.4. The molecule has 0 spiro atoms. The average molecular weight is 1140 g/mol. The van der Waals surface area contributed by atoms with Crippen molar-refractivity contribution in [3.8, 4) is 0 Å². The molecular weight excluding hydrogens is 1070 g/mol. The number of nitrogens with zero attached hydrogens (tertiary/aromatic N) is 2. The van der Waals surface area contributed by atoms with Crippen LogP contribution in [0.1, 0.15) is 158 Å². The number of hydrogen-bond donors (Lipinski definition) is 1. The fraction of sp³-hybridized carbons (Fsp3) is 0.339. The number of hydrogen-bond acceptors (Lipinski definition) is 9. The second kappa shape index (κ2) is 28.3. The van der Waals surface area contributed by atoms with Gasteiger partial charge in [0.25, 0.3) is 23.6 Å². The zero-order valence-corrected chi connectivity index (χ0v) is 48.1. The molecule has 0 aromatic heterocycles. The van der Waals surface area contributed by atoms with Crippen molar-refractivity contribution < 1.29 is 94.0 Å². The van der Waals surface area contributed by atoms with E-state index in [0.29, 0.717) is 16.7 Å². The topological polar surface area (TPSA) is 165 Å². The van der Waals surface area contributed by atoms with Crippen molar-refractivity contribution in [2.75, 3.05) is 27.3 Å². The minimum Gasteiger partial charge on any atom is -1.51 e. The van der Waals surface area contributed by atoms with Gasteiger partial charge >= 0.3 is 24.1 Å². The van der Waals surface area contributed by atoms with Crippen LogP contribution in [0.2, 0.25) is 0 Å². The Morgan fingerprint density at radius 3 is 1.14 bits per heavy atom. The number of carboxylic acid groups (broad SMARTS) is 1. The van der Waals surface area contributed by atoms with Crippen molar-refractivity contribution in [3.05, 3.63) is 185 Å². The number of carbonyl (C=O) groups is 7. The number of halogens is 3. The second-order valence-electron chi connectivity index (χ2n) is 18.3. The number of aryl methyl sites for hydroxylation is 4. The fourth-order valence-corrected chi connectivity index (χ4v) is 8.19. The van der Waals surface area contributed by atoms with Crippen molar-refractivity contribution >= 4 is 51.4 Å². The molecule has 5 aromatic rings. The summed E-state index contributed by atoms with van der Waals surface area (Å²) in [5, 5.41) is 8.63.